The number of aromatic nitrogens is 1. The lowest BCUT2D eigenvalue weighted by Crippen LogP contribution is -2.23. The molecule has 82 valence electrons. The van der Waals surface area contributed by atoms with Crippen molar-refractivity contribution in [2.45, 2.75) is 38.6 Å². The Morgan fingerprint density at radius 3 is 3.13 bits per heavy atom. The van der Waals surface area contributed by atoms with Crippen LogP contribution < -0.4 is 5.32 Å². The van der Waals surface area contributed by atoms with Gasteiger partial charge in [0, 0.05) is 17.9 Å². The van der Waals surface area contributed by atoms with E-state index < -0.39 is 0 Å². The van der Waals surface area contributed by atoms with E-state index in [1.54, 1.807) is 6.20 Å². The Labute approximate surface area is 96.1 Å². The van der Waals surface area contributed by atoms with Crippen LogP contribution in [0.3, 0.4) is 0 Å². The first kappa shape index (κ1) is 10.7. The maximum absolute atomic E-state index is 5.85. The Kier molecular flexibility index (Phi) is 3.47. The highest BCUT2D eigenvalue weighted by Crippen LogP contribution is 2.30. The van der Waals surface area contributed by atoms with Gasteiger partial charge in [0.25, 0.3) is 0 Å². The van der Waals surface area contributed by atoms with Crippen molar-refractivity contribution in [2.24, 2.45) is 5.92 Å². The van der Waals surface area contributed by atoms with Gasteiger partial charge in [-0.1, -0.05) is 31.4 Å². The average Bonchev–Trinajstić information content (AvgIpc) is 2.65. The fraction of sp³-hybridized carbons (Fsp3) is 0.583. The fourth-order valence-electron chi connectivity index (χ4n) is 2.42. The van der Waals surface area contributed by atoms with Crippen LogP contribution in [-0.4, -0.2) is 11.0 Å². The van der Waals surface area contributed by atoms with Gasteiger partial charge in [-0.05, 0) is 30.9 Å². The lowest BCUT2D eigenvalue weighted by Gasteiger charge is -2.20. The largest absolute Gasteiger partial charge is 0.382 e. The normalized spacial score (nSPS) is 25.5. The lowest BCUT2D eigenvalue weighted by atomic mass is 10.0. The monoisotopic (exact) mass is 224 g/mol. The van der Waals surface area contributed by atoms with E-state index in [0.717, 1.165) is 11.6 Å². The van der Waals surface area contributed by atoms with E-state index in [0.29, 0.717) is 11.2 Å². The standard InChI is InChI=1S/C12H17ClN2/c1-2-9-4-3-5-11(9)15-10-6-7-14-12(13)8-10/h6-9,11H,2-5H2,1H3,(H,14,15). The average molecular weight is 225 g/mol. The zero-order valence-electron chi connectivity index (χ0n) is 9.04. The Morgan fingerprint density at radius 1 is 1.53 bits per heavy atom. The number of nitrogens with one attached hydrogen (secondary N) is 1. The summed E-state index contributed by atoms with van der Waals surface area (Å²) in [4.78, 5) is 3.98. The molecule has 1 heterocycles. The lowest BCUT2D eigenvalue weighted by molar-refractivity contribution is 0.489. The van der Waals surface area contributed by atoms with E-state index >= 15 is 0 Å². The van der Waals surface area contributed by atoms with Gasteiger partial charge in [0.2, 0.25) is 0 Å². The molecule has 15 heavy (non-hydrogen) atoms. The van der Waals surface area contributed by atoms with Gasteiger partial charge >= 0.3 is 0 Å². The zero-order chi connectivity index (χ0) is 10.7. The molecule has 0 spiro atoms. The number of hydrogen-bond acceptors (Lipinski definition) is 2. The maximum Gasteiger partial charge on any atom is 0.131 e. The van der Waals surface area contributed by atoms with Crippen LogP contribution in [0.4, 0.5) is 5.69 Å². The highest BCUT2D eigenvalue weighted by atomic mass is 35.5. The summed E-state index contributed by atoms with van der Waals surface area (Å²) in [6.07, 6.45) is 6.98. The van der Waals surface area contributed by atoms with Crippen molar-refractivity contribution in [3.63, 3.8) is 0 Å². The zero-order valence-corrected chi connectivity index (χ0v) is 9.80. The molecule has 2 rings (SSSR count). The summed E-state index contributed by atoms with van der Waals surface area (Å²) in [6.45, 7) is 2.27. The molecular formula is C12H17ClN2. The van der Waals surface area contributed by atoms with Crippen LogP contribution in [0.25, 0.3) is 0 Å². The van der Waals surface area contributed by atoms with Crippen LogP contribution in [-0.2, 0) is 0 Å². The summed E-state index contributed by atoms with van der Waals surface area (Å²) < 4.78 is 0. The topological polar surface area (TPSA) is 24.9 Å². The molecule has 3 heteroatoms. The van der Waals surface area contributed by atoms with Crippen molar-refractivity contribution in [3.8, 4) is 0 Å². The number of hydrogen-bond donors (Lipinski definition) is 1. The summed E-state index contributed by atoms with van der Waals surface area (Å²) in [5, 5.41) is 4.12. The van der Waals surface area contributed by atoms with Gasteiger partial charge < -0.3 is 5.32 Å². The van der Waals surface area contributed by atoms with E-state index in [-0.39, 0.29) is 0 Å². The predicted octanol–water partition coefficient (Wildman–Crippen LogP) is 3.73. The second-order valence-corrected chi connectivity index (χ2v) is 4.60. The molecule has 2 nitrogen and oxygen atoms in total. The first-order chi connectivity index (χ1) is 7.29. The third-order valence-electron chi connectivity index (χ3n) is 3.26. The second kappa shape index (κ2) is 4.84. The molecule has 1 aliphatic carbocycles. The number of nitrogens with zero attached hydrogens (tertiary/aromatic N) is 1. The van der Waals surface area contributed by atoms with Gasteiger partial charge in [0.05, 0.1) is 0 Å². The van der Waals surface area contributed by atoms with Crippen LogP contribution in [0.1, 0.15) is 32.6 Å². The summed E-state index contributed by atoms with van der Waals surface area (Å²) in [6, 6.07) is 4.50. The minimum atomic E-state index is 0.561. The van der Waals surface area contributed by atoms with Crippen LogP contribution in [0, 0.1) is 5.92 Å². The smallest absolute Gasteiger partial charge is 0.131 e. The van der Waals surface area contributed by atoms with Gasteiger partial charge in [-0.25, -0.2) is 4.98 Å². The van der Waals surface area contributed by atoms with Crippen LogP contribution in [0.15, 0.2) is 18.3 Å². The molecule has 1 saturated carbocycles. The molecule has 2 atom stereocenters. The van der Waals surface area contributed by atoms with Gasteiger partial charge in [-0.3, -0.25) is 0 Å². The molecule has 0 amide bonds. The summed E-state index contributed by atoms with van der Waals surface area (Å²) in [5.74, 6) is 0.817. The molecule has 1 aromatic heterocycles. The van der Waals surface area contributed by atoms with E-state index in [1.165, 1.54) is 25.7 Å². The molecular weight excluding hydrogens is 208 g/mol. The van der Waals surface area contributed by atoms with Gasteiger partial charge in [0.15, 0.2) is 0 Å². The van der Waals surface area contributed by atoms with E-state index in [2.05, 4.69) is 17.2 Å². The molecule has 2 unspecified atom stereocenters. The van der Waals surface area contributed by atoms with Crippen molar-refractivity contribution < 1.29 is 0 Å². The second-order valence-electron chi connectivity index (χ2n) is 4.22. The van der Waals surface area contributed by atoms with E-state index in [4.69, 9.17) is 11.6 Å². The van der Waals surface area contributed by atoms with Crippen molar-refractivity contribution >= 4 is 17.3 Å². The van der Waals surface area contributed by atoms with Crippen molar-refractivity contribution in [3.05, 3.63) is 23.5 Å². The molecule has 1 N–H and O–H groups in total. The third-order valence-corrected chi connectivity index (χ3v) is 3.47. The Hall–Kier alpha value is -0.760. The Balaban J connectivity index is 2.02. The van der Waals surface area contributed by atoms with Crippen LogP contribution in [0.2, 0.25) is 5.15 Å². The van der Waals surface area contributed by atoms with Gasteiger partial charge in [-0.15, -0.1) is 0 Å². The molecule has 0 aliphatic heterocycles. The van der Waals surface area contributed by atoms with E-state index in [1.807, 2.05) is 12.1 Å². The molecule has 1 fully saturated rings. The molecule has 0 bridgehead atoms. The van der Waals surface area contributed by atoms with E-state index in [9.17, 15) is 0 Å². The number of anilines is 1. The Bertz CT molecular complexity index is 327. The fourth-order valence-corrected chi connectivity index (χ4v) is 2.60. The minimum absolute atomic E-state index is 0.561. The molecule has 0 saturated heterocycles. The quantitative estimate of drug-likeness (QED) is 0.792. The van der Waals surface area contributed by atoms with Crippen molar-refractivity contribution in [1.82, 2.24) is 4.98 Å². The summed E-state index contributed by atoms with van der Waals surface area (Å²) >= 11 is 5.85. The van der Waals surface area contributed by atoms with Gasteiger partial charge in [0.1, 0.15) is 5.15 Å². The predicted molar refractivity (Wildman–Crippen MR) is 64.3 cm³/mol. The Morgan fingerprint density at radius 2 is 2.40 bits per heavy atom. The highest BCUT2D eigenvalue weighted by molar-refractivity contribution is 6.29. The number of rotatable bonds is 3. The molecule has 1 aliphatic rings. The SMILES string of the molecule is CCC1CCCC1Nc1ccnc(Cl)c1. The number of halogens is 1. The first-order valence-corrected chi connectivity index (χ1v) is 6.05. The van der Waals surface area contributed by atoms with Crippen molar-refractivity contribution in [1.29, 1.82) is 0 Å². The summed E-state index contributed by atoms with van der Waals surface area (Å²) in [7, 11) is 0. The molecule has 0 aromatic carbocycles. The summed E-state index contributed by atoms with van der Waals surface area (Å²) in [5.41, 5.74) is 1.10. The van der Waals surface area contributed by atoms with Crippen LogP contribution >= 0.6 is 11.6 Å². The molecule has 1 aromatic rings. The first-order valence-electron chi connectivity index (χ1n) is 5.67. The minimum Gasteiger partial charge on any atom is -0.382 e. The molecule has 0 radical (unpaired) electrons. The third kappa shape index (κ3) is 2.63. The number of pyridine rings is 1. The maximum atomic E-state index is 5.85. The highest BCUT2D eigenvalue weighted by Gasteiger charge is 2.25. The van der Waals surface area contributed by atoms with Crippen LogP contribution in [0.5, 0.6) is 0 Å². The van der Waals surface area contributed by atoms with Crippen molar-refractivity contribution in [2.75, 3.05) is 5.32 Å². The van der Waals surface area contributed by atoms with Gasteiger partial charge in [-0.2, -0.15) is 0 Å².